The number of imidazole rings is 1. The summed E-state index contributed by atoms with van der Waals surface area (Å²) < 4.78 is 13.0. The maximum absolute atomic E-state index is 13.4. The number of carbonyl (C=O) groups excluding carboxylic acids is 1. The van der Waals surface area contributed by atoms with E-state index in [-0.39, 0.29) is 17.9 Å². The van der Waals surface area contributed by atoms with Crippen LogP contribution >= 0.6 is 0 Å². The van der Waals surface area contributed by atoms with Gasteiger partial charge in [-0.3, -0.25) is 4.79 Å². The molecule has 1 aliphatic rings. The Morgan fingerprint density at radius 2 is 2.03 bits per heavy atom. The molecular formula is C23H27N3O3. The number of benzene rings is 2. The van der Waals surface area contributed by atoms with Gasteiger partial charge in [-0.05, 0) is 43.2 Å². The van der Waals surface area contributed by atoms with Crippen molar-refractivity contribution in [3.63, 3.8) is 0 Å². The van der Waals surface area contributed by atoms with E-state index >= 15 is 0 Å². The normalized spacial score (nSPS) is 17.5. The van der Waals surface area contributed by atoms with Gasteiger partial charge >= 0.3 is 0 Å². The predicted molar refractivity (Wildman–Crippen MR) is 112 cm³/mol. The van der Waals surface area contributed by atoms with Gasteiger partial charge in [0.25, 0.3) is 0 Å². The number of rotatable bonds is 6. The van der Waals surface area contributed by atoms with Crippen molar-refractivity contribution in [3.8, 4) is 11.5 Å². The summed E-state index contributed by atoms with van der Waals surface area (Å²) in [6.07, 6.45) is 3.73. The van der Waals surface area contributed by atoms with E-state index in [1.165, 1.54) is 0 Å². The van der Waals surface area contributed by atoms with Crippen molar-refractivity contribution in [3.05, 3.63) is 54.4 Å². The quantitative estimate of drug-likeness (QED) is 0.634. The number of para-hydroxylation sites is 2. The molecule has 0 saturated carbocycles. The van der Waals surface area contributed by atoms with Crippen LogP contribution < -0.4 is 9.47 Å². The van der Waals surface area contributed by atoms with Crippen LogP contribution in [0.3, 0.4) is 0 Å². The molecule has 0 aliphatic carbocycles. The first-order chi connectivity index (χ1) is 14.1. The molecule has 29 heavy (non-hydrogen) atoms. The topological polar surface area (TPSA) is 56.6 Å². The Bertz CT molecular complexity index is 1010. The van der Waals surface area contributed by atoms with Crippen LogP contribution in [0.25, 0.3) is 11.0 Å². The fourth-order valence-electron chi connectivity index (χ4n) is 4.27. The molecule has 6 heteroatoms. The molecule has 6 nitrogen and oxygen atoms in total. The van der Waals surface area contributed by atoms with E-state index in [4.69, 9.17) is 9.47 Å². The minimum atomic E-state index is -0.148. The van der Waals surface area contributed by atoms with E-state index in [0.717, 1.165) is 47.5 Å². The van der Waals surface area contributed by atoms with E-state index in [1.807, 2.05) is 60.6 Å². The molecule has 152 valence electrons. The summed E-state index contributed by atoms with van der Waals surface area (Å²) in [6.45, 7) is 3.37. The maximum Gasteiger partial charge on any atom is 0.227 e. The molecule has 4 rings (SSSR count). The van der Waals surface area contributed by atoms with Gasteiger partial charge in [-0.2, -0.15) is 0 Å². The van der Waals surface area contributed by atoms with Gasteiger partial charge in [0.05, 0.1) is 43.5 Å². The highest BCUT2D eigenvalue weighted by molar-refractivity contribution is 5.80. The van der Waals surface area contributed by atoms with Crippen molar-refractivity contribution in [2.75, 3.05) is 20.8 Å². The Morgan fingerprint density at radius 1 is 1.21 bits per heavy atom. The van der Waals surface area contributed by atoms with Crippen molar-refractivity contribution in [1.82, 2.24) is 14.5 Å². The van der Waals surface area contributed by atoms with Gasteiger partial charge in [-0.15, -0.1) is 0 Å². The van der Waals surface area contributed by atoms with Crippen LogP contribution in [0.5, 0.6) is 11.5 Å². The summed E-state index contributed by atoms with van der Waals surface area (Å²) in [5.74, 6) is 1.58. The lowest BCUT2D eigenvalue weighted by molar-refractivity contribution is -0.136. The molecule has 0 spiro atoms. The molecule has 1 amide bonds. The number of methoxy groups -OCH3 is 2. The Hall–Kier alpha value is -3.02. The molecule has 1 aromatic heterocycles. The standard InChI is InChI=1S/C23H27N3O3/c1-16(14-25-15-24-19-7-4-5-8-21(19)25)23(27)26-12-6-9-20(26)18-13-17(28-2)10-11-22(18)29-3/h4-5,7-8,10-11,13,15-16,20H,6,9,12,14H2,1-3H3/t16-,20-/m0/s1. The first kappa shape index (κ1) is 19.3. The Balaban J connectivity index is 1.56. The first-order valence-electron chi connectivity index (χ1n) is 10.0. The fraction of sp³-hybridized carbons (Fsp3) is 0.391. The van der Waals surface area contributed by atoms with Crippen molar-refractivity contribution in [2.45, 2.75) is 32.4 Å². The molecule has 2 atom stereocenters. The summed E-state index contributed by atoms with van der Waals surface area (Å²) in [5.41, 5.74) is 3.02. The van der Waals surface area contributed by atoms with Crippen LogP contribution in [0.1, 0.15) is 31.4 Å². The lowest BCUT2D eigenvalue weighted by Gasteiger charge is -2.29. The van der Waals surface area contributed by atoms with Crippen molar-refractivity contribution in [2.24, 2.45) is 5.92 Å². The van der Waals surface area contributed by atoms with Crippen LogP contribution in [0, 0.1) is 5.92 Å². The second-order valence-electron chi connectivity index (χ2n) is 7.58. The molecule has 2 heterocycles. The number of hydrogen-bond acceptors (Lipinski definition) is 4. The highest BCUT2D eigenvalue weighted by Gasteiger charge is 2.34. The molecule has 1 saturated heterocycles. The molecule has 0 unspecified atom stereocenters. The monoisotopic (exact) mass is 393 g/mol. The van der Waals surface area contributed by atoms with E-state index in [0.29, 0.717) is 6.54 Å². The molecule has 2 aromatic carbocycles. The van der Waals surface area contributed by atoms with Crippen molar-refractivity contribution in [1.29, 1.82) is 0 Å². The molecule has 1 fully saturated rings. The number of hydrogen-bond donors (Lipinski definition) is 0. The zero-order valence-corrected chi connectivity index (χ0v) is 17.2. The molecule has 1 aliphatic heterocycles. The van der Waals surface area contributed by atoms with Gasteiger partial charge in [0.15, 0.2) is 0 Å². The first-order valence-corrected chi connectivity index (χ1v) is 10.0. The van der Waals surface area contributed by atoms with Crippen molar-refractivity contribution >= 4 is 16.9 Å². The lowest BCUT2D eigenvalue weighted by Crippen LogP contribution is -2.36. The van der Waals surface area contributed by atoms with Crippen LogP contribution in [-0.4, -0.2) is 41.1 Å². The van der Waals surface area contributed by atoms with Crippen LogP contribution in [0.4, 0.5) is 0 Å². The van der Waals surface area contributed by atoms with E-state index in [1.54, 1.807) is 14.2 Å². The molecule has 0 radical (unpaired) electrons. The third-order valence-corrected chi connectivity index (χ3v) is 5.75. The van der Waals surface area contributed by atoms with Crippen LogP contribution in [0.2, 0.25) is 0 Å². The van der Waals surface area contributed by atoms with E-state index in [2.05, 4.69) is 9.55 Å². The second kappa shape index (κ2) is 8.15. The fourth-order valence-corrected chi connectivity index (χ4v) is 4.27. The Morgan fingerprint density at radius 3 is 2.83 bits per heavy atom. The summed E-state index contributed by atoms with van der Waals surface area (Å²) in [5, 5.41) is 0. The number of fused-ring (bicyclic) bond motifs is 1. The van der Waals surface area contributed by atoms with Gasteiger partial charge in [0, 0.05) is 18.7 Å². The average Bonchev–Trinajstić information content (AvgIpc) is 3.40. The second-order valence-corrected chi connectivity index (χ2v) is 7.58. The van der Waals surface area contributed by atoms with Gasteiger partial charge < -0.3 is 18.9 Å². The number of likely N-dealkylation sites (tertiary alicyclic amines) is 1. The zero-order chi connectivity index (χ0) is 20.4. The lowest BCUT2D eigenvalue weighted by atomic mass is 10.0. The largest absolute Gasteiger partial charge is 0.497 e. The Labute approximate surface area is 171 Å². The van der Waals surface area contributed by atoms with Gasteiger partial charge in [0.1, 0.15) is 11.5 Å². The number of aromatic nitrogens is 2. The summed E-state index contributed by atoms with van der Waals surface area (Å²) >= 11 is 0. The van der Waals surface area contributed by atoms with Crippen LogP contribution in [0.15, 0.2) is 48.8 Å². The van der Waals surface area contributed by atoms with Gasteiger partial charge in [0.2, 0.25) is 5.91 Å². The van der Waals surface area contributed by atoms with Crippen LogP contribution in [-0.2, 0) is 11.3 Å². The third kappa shape index (κ3) is 3.67. The zero-order valence-electron chi connectivity index (χ0n) is 17.2. The average molecular weight is 393 g/mol. The number of amides is 1. The molecule has 0 N–H and O–H groups in total. The predicted octanol–water partition coefficient (Wildman–Crippen LogP) is 4.05. The number of carbonyl (C=O) groups is 1. The SMILES string of the molecule is COc1ccc(OC)c([C@@H]2CCCN2C(=O)[C@@H](C)Cn2cnc3ccccc32)c1. The van der Waals surface area contributed by atoms with Gasteiger partial charge in [-0.25, -0.2) is 4.98 Å². The van der Waals surface area contributed by atoms with E-state index < -0.39 is 0 Å². The summed E-state index contributed by atoms with van der Waals surface area (Å²) in [7, 11) is 3.32. The summed E-state index contributed by atoms with van der Waals surface area (Å²) in [4.78, 5) is 19.8. The van der Waals surface area contributed by atoms with E-state index in [9.17, 15) is 4.79 Å². The minimum Gasteiger partial charge on any atom is -0.497 e. The maximum atomic E-state index is 13.4. The van der Waals surface area contributed by atoms with Gasteiger partial charge in [-0.1, -0.05) is 19.1 Å². The minimum absolute atomic E-state index is 0.00883. The molecule has 3 aromatic rings. The third-order valence-electron chi connectivity index (χ3n) is 5.75. The number of ether oxygens (including phenoxy) is 2. The summed E-state index contributed by atoms with van der Waals surface area (Å²) in [6, 6.07) is 13.8. The molecular weight excluding hydrogens is 366 g/mol. The number of nitrogens with zero attached hydrogens (tertiary/aromatic N) is 3. The molecule has 0 bridgehead atoms. The Kier molecular flexibility index (Phi) is 5.43. The smallest absolute Gasteiger partial charge is 0.227 e. The highest BCUT2D eigenvalue weighted by atomic mass is 16.5. The van der Waals surface area contributed by atoms with Crippen molar-refractivity contribution < 1.29 is 14.3 Å². The highest BCUT2D eigenvalue weighted by Crippen LogP contribution is 2.39.